The molecule has 2 fully saturated rings. The van der Waals surface area contributed by atoms with Gasteiger partial charge < -0.3 is 9.53 Å². The molecule has 3 nitrogen and oxygen atoms in total. The molecule has 4 unspecified atom stereocenters. The predicted molar refractivity (Wildman–Crippen MR) is 41.2 cm³/mol. The zero-order chi connectivity index (χ0) is 8.72. The van der Waals surface area contributed by atoms with E-state index in [9.17, 15) is 9.59 Å². The van der Waals surface area contributed by atoms with Gasteiger partial charge in [-0.05, 0) is 19.8 Å². The van der Waals surface area contributed by atoms with Crippen molar-refractivity contribution in [2.24, 2.45) is 11.8 Å². The van der Waals surface area contributed by atoms with Gasteiger partial charge in [-0.1, -0.05) is 0 Å². The van der Waals surface area contributed by atoms with Crippen molar-refractivity contribution in [2.45, 2.75) is 32.0 Å². The minimum atomic E-state index is -0.291. The van der Waals surface area contributed by atoms with Crippen molar-refractivity contribution in [3.8, 4) is 0 Å². The maximum absolute atomic E-state index is 11.1. The predicted octanol–water partition coefficient (Wildman–Crippen LogP) is 0.476. The minimum absolute atomic E-state index is 0. The van der Waals surface area contributed by atoms with Gasteiger partial charge in [0.05, 0.1) is 6.10 Å². The molecule has 0 aromatic rings. The molecule has 2 rings (SSSR count). The maximum atomic E-state index is 11.1. The van der Waals surface area contributed by atoms with E-state index in [0.29, 0.717) is 0 Å². The number of ether oxygens (including phenoxy) is 1. The molecule has 2 bridgehead atoms. The van der Waals surface area contributed by atoms with E-state index < -0.39 is 0 Å². The number of ketones is 1. The van der Waals surface area contributed by atoms with Gasteiger partial charge in [0.2, 0.25) is 0 Å². The van der Waals surface area contributed by atoms with Crippen molar-refractivity contribution in [3.63, 3.8) is 0 Å². The molecule has 69 valence electrons. The monoisotopic (exact) mass is 256 g/mol. The Kier molecular flexibility index (Phi) is 3.78. The summed E-state index contributed by atoms with van der Waals surface area (Å²) < 4.78 is 5.47. The molecule has 0 saturated carbocycles. The van der Waals surface area contributed by atoms with E-state index in [1.165, 1.54) is 6.92 Å². The molecule has 0 aromatic heterocycles. The molecule has 0 spiro atoms. The number of hydrogen-bond acceptors (Lipinski definition) is 3. The van der Waals surface area contributed by atoms with Gasteiger partial charge in [0.15, 0.2) is 0 Å². The fourth-order valence-electron chi connectivity index (χ4n) is 2.34. The normalized spacial score (nSPS) is 41.3. The number of Topliss-reactive ketones (excluding diaryl/α,β-unsaturated/α-hetero) is 1. The summed E-state index contributed by atoms with van der Waals surface area (Å²) in [5, 5.41) is 0. The second-order valence-electron chi connectivity index (χ2n) is 3.57. The van der Waals surface area contributed by atoms with Crippen molar-refractivity contribution >= 4 is 12.1 Å². The van der Waals surface area contributed by atoms with Crippen molar-refractivity contribution in [2.75, 3.05) is 0 Å². The Morgan fingerprint density at radius 1 is 1.38 bits per heavy atom. The molecule has 2 heterocycles. The molecule has 2 aliphatic heterocycles. The third kappa shape index (κ3) is 1.79. The van der Waals surface area contributed by atoms with Crippen LogP contribution in [-0.4, -0.2) is 24.3 Å². The van der Waals surface area contributed by atoms with Crippen LogP contribution >= 0.6 is 0 Å². The minimum Gasteiger partial charge on any atom is -0.541 e. The number of rotatable bonds is 2. The fourth-order valence-corrected chi connectivity index (χ4v) is 2.34. The van der Waals surface area contributed by atoms with Crippen LogP contribution in [-0.2, 0) is 47.0 Å². The van der Waals surface area contributed by atoms with Gasteiger partial charge in [-0.2, -0.15) is 0 Å². The van der Waals surface area contributed by atoms with Crippen LogP contribution in [0.15, 0.2) is 0 Å². The maximum Gasteiger partial charge on any atom is 0.133 e. The van der Waals surface area contributed by atoms with Crippen molar-refractivity contribution in [1.82, 2.24) is 0 Å². The summed E-state index contributed by atoms with van der Waals surface area (Å²) in [6.45, 7) is 1.53. The van der Waals surface area contributed by atoms with Gasteiger partial charge in [-0.15, -0.1) is 5.92 Å². The Morgan fingerprint density at radius 2 is 2.00 bits per heavy atom. The average Bonchev–Trinajstić information content (AvgIpc) is 2.60. The summed E-state index contributed by atoms with van der Waals surface area (Å²) in [7, 11) is 0. The molecular weight excluding hydrogens is 245 g/mol. The zero-order valence-corrected chi connectivity index (χ0v) is 10.4. The van der Waals surface area contributed by atoms with Crippen LogP contribution in [0.1, 0.15) is 19.8 Å². The van der Waals surface area contributed by atoms with E-state index in [4.69, 9.17) is 4.74 Å². The topological polar surface area (TPSA) is 43.4 Å². The molecule has 2 aliphatic rings. The molecule has 2 saturated heterocycles. The van der Waals surface area contributed by atoms with Crippen LogP contribution in [0.4, 0.5) is 0 Å². The molecule has 0 aliphatic carbocycles. The smallest absolute Gasteiger partial charge is 0.133 e. The van der Waals surface area contributed by atoms with Gasteiger partial charge in [-0.3, -0.25) is 11.1 Å². The molecule has 0 amide bonds. The van der Waals surface area contributed by atoms with Gasteiger partial charge >= 0.3 is 0 Å². The van der Waals surface area contributed by atoms with Crippen molar-refractivity contribution < 1.29 is 47.0 Å². The van der Waals surface area contributed by atoms with E-state index in [1.807, 2.05) is 6.29 Å². The van der Waals surface area contributed by atoms with E-state index >= 15 is 0 Å². The summed E-state index contributed by atoms with van der Waals surface area (Å²) in [6.07, 6.45) is 3.74. The Labute approximate surface area is 102 Å². The first kappa shape index (κ1) is 11.5. The molecular formula is C9H11O3Y-. The second-order valence-corrected chi connectivity index (χ2v) is 3.57. The Hall–Kier alpha value is 0.404. The Bertz CT molecular complexity index is 229. The van der Waals surface area contributed by atoms with Crippen LogP contribution in [0.5, 0.6) is 0 Å². The number of fused-ring (bicyclic) bond motifs is 2. The summed E-state index contributed by atoms with van der Waals surface area (Å²) in [5.41, 5.74) is 0. The van der Waals surface area contributed by atoms with E-state index in [1.54, 1.807) is 0 Å². The number of hydrogen-bond donors (Lipinski definition) is 0. The SMILES string of the molecule is CC(=O)C1C2CCC(O2)C1[C-]=O.[Y]. The molecule has 4 heteroatoms. The van der Waals surface area contributed by atoms with Crippen LogP contribution < -0.4 is 0 Å². The number of carbonyl (C=O) groups excluding carboxylic acids is 2. The van der Waals surface area contributed by atoms with Gasteiger partial charge in [-0.25, -0.2) is 0 Å². The van der Waals surface area contributed by atoms with Crippen molar-refractivity contribution in [1.29, 1.82) is 0 Å². The molecule has 4 atom stereocenters. The molecule has 0 aromatic carbocycles. The van der Waals surface area contributed by atoms with Crippen LogP contribution in [0.3, 0.4) is 0 Å². The van der Waals surface area contributed by atoms with Gasteiger partial charge in [0.1, 0.15) is 5.78 Å². The Balaban J connectivity index is 0.000000845. The van der Waals surface area contributed by atoms with E-state index in [2.05, 4.69) is 0 Å². The summed E-state index contributed by atoms with van der Waals surface area (Å²) in [6, 6.07) is 0. The van der Waals surface area contributed by atoms with Gasteiger partial charge in [0.25, 0.3) is 0 Å². The second kappa shape index (κ2) is 4.28. The van der Waals surface area contributed by atoms with E-state index in [0.717, 1.165) is 12.8 Å². The van der Waals surface area contributed by atoms with E-state index in [-0.39, 0.29) is 62.5 Å². The first-order valence-corrected chi connectivity index (χ1v) is 4.27. The first-order valence-electron chi connectivity index (χ1n) is 4.27. The first-order chi connectivity index (χ1) is 5.74. The average molecular weight is 256 g/mol. The molecule has 13 heavy (non-hydrogen) atoms. The third-order valence-electron chi connectivity index (χ3n) is 2.88. The largest absolute Gasteiger partial charge is 0.541 e. The summed E-state index contributed by atoms with van der Waals surface area (Å²) in [4.78, 5) is 21.7. The van der Waals surface area contributed by atoms with Crippen LogP contribution in [0.25, 0.3) is 0 Å². The summed E-state index contributed by atoms with van der Waals surface area (Å²) in [5.74, 6) is -0.432. The molecule has 0 N–H and O–H groups in total. The quantitative estimate of drug-likeness (QED) is 0.675. The fraction of sp³-hybridized carbons (Fsp3) is 0.778. The Morgan fingerprint density at radius 3 is 2.46 bits per heavy atom. The van der Waals surface area contributed by atoms with Gasteiger partial charge in [0, 0.05) is 44.7 Å². The van der Waals surface area contributed by atoms with Crippen molar-refractivity contribution in [3.05, 3.63) is 0 Å². The van der Waals surface area contributed by atoms with Crippen LogP contribution in [0, 0.1) is 11.8 Å². The summed E-state index contributed by atoms with van der Waals surface area (Å²) >= 11 is 0. The number of carbonyl (C=O) groups is 1. The van der Waals surface area contributed by atoms with Crippen LogP contribution in [0.2, 0.25) is 0 Å². The zero-order valence-electron chi connectivity index (χ0n) is 7.53. The third-order valence-corrected chi connectivity index (χ3v) is 2.88. The molecule has 1 radical (unpaired) electrons. The standard InChI is InChI=1S/C9H11O3.Y/c1-5(11)9-6(4-10)7-2-3-8(9)12-7;/h6-9H,2-3H2,1H3;/q-1;.